The van der Waals surface area contributed by atoms with Crippen molar-refractivity contribution in [3.05, 3.63) is 0 Å². The molecule has 0 saturated heterocycles. The van der Waals surface area contributed by atoms with Gasteiger partial charge in [0.15, 0.2) is 5.41 Å². The van der Waals surface area contributed by atoms with Crippen molar-refractivity contribution in [3.8, 4) is 0 Å². The number of methoxy groups -OCH3 is 3. The van der Waals surface area contributed by atoms with Crippen LogP contribution in [0.25, 0.3) is 0 Å². The lowest BCUT2D eigenvalue weighted by atomic mass is 10.0. The third-order valence-corrected chi connectivity index (χ3v) is 4.07. The quantitative estimate of drug-likeness (QED) is 0.324. The van der Waals surface area contributed by atoms with Gasteiger partial charge in [0.1, 0.15) is 6.10 Å². The van der Waals surface area contributed by atoms with Crippen molar-refractivity contribution in [2.24, 2.45) is 0 Å². The molecule has 0 saturated carbocycles. The van der Waals surface area contributed by atoms with Crippen LogP contribution in [0.2, 0.25) is 0 Å². The third-order valence-electron chi connectivity index (χ3n) is 3.38. The average molecular weight is 276 g/mol. The van der Waals surface area contributed by atoms with E-state index in [4.69, 9.17) is 14.2 Å². The monoisotopic (exact) mass is 276 g/mol. The van der Waals surface area contributed by atoms with Gasteiger partial charge in [0.05, 0.1) is 10.2 Å². The Morgan fingerprint density at radius 1 is 1.11 bits per heavy atom. The Morgan fingerprint density at radius 3 is 2.06 bits per heavy atom. The molecule has 1 atom stereocenters. The van der Waals surface area contributed by atoms with Crippen LogP contribution in [0, 0.1) is 0 Å². The van der Waals surface area contributed by atoms with Crippen LogP contribution in [0.15, 0.2) is 0 Å². The standard InChI is InChI=1S/C13H28O4Si/c1-5-6-7-8-9-10-11(15-2)13(16-3,17-4)12(14)18/h11H,5-10H2,1-4,18H3. The van der Waals surface area contributed by atoms with Crippen LogP contribution in [0.1, 0.15) is 45.4 Å². The minimum absolute atomic E-state index is 0.0205. The van der Waals surface area contributed by atoms with Gasteiger partial charge in [-0.25, -0.2) is 0 Å². The molecule has 18 heavy (non-hydrogen) atoms. The summed E-state index contributed by atoms with van der Waals surface area (Å²) in [7, 11) is 5.00. The van der Waals surface area contributed by atoms with Crippen molar-refractivity contribution >= 4 is 15.6 Å². The molecule has 0 aromatic heterocycles. The van der Waals surface area contributed by atoms with Gasteiger partial charge >= 0.3 is 0 Å². The SMILES string of the molecule is CCCCCCCC(OC)C(OC)(OC)C(=O)[SiH3]. The molecule has 0 heterocycles. The zero-order chi connectivity index (χ0) is 14.0. The summed E-state index contributed by atoms with van der Waals surface area (Å²) in [4.78, 5) is 11.8. The summed E-state index contributed by atoms with van der Waals surface area (Å²) in [6.07, 6.45) is 6.38. The molecule has 0 aromatic rings. The van der Waals surface area contributed by atoms with E-state index in [1.807, 2.05) is 0 Å². The van der Waals surface area contributed by atoms with Crippen LogP contribution < -0.4 is 0 Å². The lowest BCUT2D eigenvalue weighted by Crippen LogP contribution is -2.53. The highest BCUT2D eigenvalue weighted by Gasteiger charge is 2.43. The fourth-order valence-electron chi connectivity index (χ4n) is 2.26. The fourth-order valence-corrected chi connectivity index (χ4v) is 2.99. The molecule has 0 amide bonds. The van der Waals surface area contributed by atoms with E-state index >= 15 is 0 Å². The second-order valence-electron chi connectivity index (χ2n) is 4.56. The van der Waals surface area contributed by atoms with Crippen molar-refractivity contribution in [2.75, 3.05) is 21.3 Å². The summed E-state index contributed by atoms with van der Waals surface area (Å²) >= 11 is 0. The predicted molar refractivity (Wildman–Crippen MR) is 75.9 cm³/mol. The average Bonchev–Trinajstić information content (AvgIpc) is 2.37. The Labute approximate surface area is 114 Å². The minimum atomic E-state index is -1.20. The van der Waals surface area contributed by atoms with Gasteiger partial charge < -0.3 is 19.0 Å². The first-order valence-electron chi connectivity index (χ1n) is 6.73. The summed E-state index contributed by atoms with van der Waals surface area (Å²) in [5.74, 6) is -1.20. The summed E-state index contributed by atoms with van der Waals surface area (Å²) in [6, 6.07) is 0. The Bertz CT molecular complexity index is 229. The molecule has 4 nitrogen and oxygen atoms in total. The van der Waals surface area contributed by atoms with E-state index < -0.39 is 5.79 Å². The van der Waals surface area contributed by atoms with E-state index in [0.29, 0.717) is 10.2 Å². The van der Waals surface area contributed by atoms with Crippen molar-refractivity contribution in [1.82, 2.24) is 0 Å². The number of hydrogen-bond donors (Lipinski definition) is 0. The molecule has 0 bridgehead atoms. The summed E-state index contributed by atoms with van der Waals surface area (Å²) in [6.45, 7) is 2.19. The Balaban J connectivity index is 4.39. The van der Waals surface area contributed by atoms with Gasteiger partial charge in [0, 0.05) is 21.3 Å². The molecular weight excluding hydrogens is 248 g/mol. The van der Waals surface area contributed by atoms with Crippen molar-refractivity contribution < 1.29 is 19.0 Å². The number of ether oxygens (including phenoxy) is 3. The summed E-state index contributed by atoms with van der Waals surface area (Å²) < 4.78 is 16.1. The van der Waals surface area contributed by atoms with Gasteiger partial charge in [-0.2, -0.15) is 0 Å². The summed E-state index contributed by atoms with van der Waals surface area (Å²) in [5.41, 5.74) is 0. The molecule has 0 aromatic carbocycles. The van der Waals surface area contributed by atoms with E-state index in [2.05, 4.69) is 6.92 Å². The molecule has 0 fully saturated rings. The van der Waals surface area contributed by atoms with E-state index in [1.165, 1.54) is 33.5 Å². The second kappa shape index (κ2) is 9.66. The molecule has 0 radical (unpaired) electrons. The number of carbonyl (C=O) groups is 1. The first kappa shape index (κ1) is 17.8. The molecule has 0 N–H and O–H groups in total. The van der Waals surface area contributed by atoms with Crippen LogP contribution >= 0.6 is 0 Å². The van der Waals surface area contributed by atoms with Gasteiger partial charge in [-0.05, 0) is 6.42 Å². The zero-order valence-electron chi connectivity index (χ0n) is 12.5. The van der Waals surface area contributed by atoms with Crippen molar-refractivity contribution in [2.45, 2.75) is 57.3 Å². The van der Waals surface area contributed by atoms with E-state index in [-0.39, 0.29) is 11.5 Å². The van der Waals surface area contributed by atoms with Gasteiger partial charge in [-0.3, -0.25) is 0 Å². The van der Waals surface area contributed by atoms with E-state index in [1.54, 1.807) is 7.11 Å². The highest BCUT2D eigenvalue weighted by atomic mass is 28.1. The highest BCUT2D eigenvalue weighted by Crippen LogP contribution is 2.24. The zero-order valence-corrected chi connectivity index (χ0v) is 14.5. The Hall–Kier alpha value is -0.233. The third kappa shape index (κ3) is 4.80. The van der Waals surface area contributed by atoms with Crippen molar-refractivity contribution in [3.63, 3.8) is 0 Å². The first-order valence-corrected chi connectivity index (χ1v) is 7.73. The normalized spacial score (nSPS) is 13.8. The van der Waals surface area contributed by atoms with Gasteiger partial charge in [0.2, 0.25) is 5.79 Å². The lowest BCUT2D eigenvalue weighted by Gasteiger charge is -2.35. The number of carbonyl (C=O) groups excluding carboxylic acids is 1. The Kier molecular flexibility index (Phi) is 9.54. The molecule has 108 valence electrons. The smallest absolute Gasteiger partial charge is 0.249 e. The van der Waals surface area contributed by atoms with Crippen LogP contribution in [-0.4, -0.2) is 48.9 Å². The predicted octanol–water partition coefficient (Wildman–Crippen LogP) is 1.24. The van der Waals surface area contributed by atoms with Gasteiger partial charge in [0.25, 0.3) is 0 Å². The maximum atomic E-state index is 11.8. The fraction of sp³-hybridized carbons (Fsp3) is 0.923. The number of unbranched alkanes of at least 4 members (excludes halogenated alkanes) is 4. The van der Waals surface area contributed by atoms with Crippen LogP contribution in [-0.2, 0) is 19.0 Å². The summed E-state index contributed by atoms with van der Waals surface area (Å²) in [5, 5.41) is -0.0205. The van der Waals surface area contributed by atoms with E-state index in [0.717, 1.165) is 19.3 Å². The molecule has 1 unspecified atom stereocenters. The Morgan fingerprint density at radius 2 is 1.67 bits per heavy atom. The van der Waals surface area contributed by atoms with Crippen LogP contribution in [0.5, 0.6) is 0 Å². The molecule has 0 aliphatic heterocycles. The lowest BCUT2D eigenvalue weighted by molar-refractivity contribution is -0.246. The second-order valence-corrected chi connectivity index (χ2v) is 5.47. The molecule has 0 rings (SSSR count). The van der Waals surface area contributed by atoms with Crippen molar-refractivity contribution in [1.29, 1.82) is 0 Å². The number of rotatable bonds is 11. The van der Waals surface area contributed by atoms with E-state index in [9.17, 15) is 4.79 Å². The molecular formula is C13H28O4Si. The molecule has 0 aliphatic carbocycles. The maximum absolute atomic E-state index is 11.8. The first-order chi connectivity index (χ1) is 8.58. The largest absolute Gasteiger partial charge is 0.375 e. The topological polar surface area (TPSA) is 44.8 Å². The number of hydrogen-bond acceptors (Lipinski definition) is 4. The molecule has 5 heteroatoms. The highest BCUT2D eigenvalue weighted by molar-refractivity contribution is 6.59. The van der Waals surface area contributed by atoms with Crippen LogP contribution in [0.4, 0.5) is 0 Å². The van der Waals surface area contributed by atoms with Gasteiger partial charge in [-0.15, -0.1) is 0 Å². The molecule has 0 aliphatic rings. The minimum Gasteiger partial charge on any atom is -0.375 e. The van der Waals surface area contributed by atoms with Gasteiger partial charge in [-0.1, -0.05) is 39.0 Å². The maximum Gasteiger partial charge on any atom is 0.249 e. The molecule has 0 spiro atoms. The van der Waals surface area contributed by atoms with Crippen LogP contribution in [0.3, 0.4) is 0 Å².